The quantitative estimate of drug-likeness (QED) is 0.675. The van der Waals surface area contributed by atoms with Gasteiger partial charge >= 0.3 is 6.36 Å². The summed E-state index contributed by atoms with van der Waals surface area (Å²) in [4.78, 5) is 13.0. The highest BCUT2D eigenvalue weighted by Crippen LogP contribution is 2.29. The third-order valence-electron chi connectivity index (χ3n) is 2.16. The second-order valence-corrected chi connectivity index (χ2v) is 3.67. The number of ether oxygens (including phenoxy) is 1. The first-order valence-electron chi connectivity index (χ1n) is 5.09. The van der Waals surface area contributed by atoms with Crippen molar-refractivity contribution in [3.63, 3.8) is 0 Å². The minimum Gasteiger partial charge on any atom is -0.404 e. The molecule has 0 aromatic heterocycles. The molecule has 4 nitrogen and oxygen atoms in total. The fourth-order valence-corrected chi connectivity index (χ4v) is 1.33. The molecule has 1 aromatic carbocycles. The van der Waals surface area contributed by atoms with Crippen molar-refractivity contribution in [1.29, 1.82) is 0 Å². The number of amides is 1. The van der Waals surface area contributed by atoms with E-state index in [1.165, 1.54) is 18.0 Å². The average Bonchev–Trinajstić information content (AvgIpc) is 2.29. The Labute approximate surface area is 107 Å². The highest BCUT2D eigenvalue weighted by atomic mass is 19.4. The van der Waals surface area contributed by atoms with E-state index in [2.05, 4.69) is 10.7 Å². The molecule has 0 aliphatic heterocycles. The van der Waals surface area contributed by atoms with E-state index in [9.17, 15) is 18.0 Å². The molecule has 2 N–H and O–H groups in total. The van der Waals surface area contributed by atoms with Crippen LogP contribution in [0, 0.1) is 12.3 Å². The molecule has 0 heterocycles. The summed E-state index contributed by atoms with van der Waals surface area (Å²) in [6.07, 6.45) is 0.222. The average molecular weight is 272 g/mol. The van der Waals surface area contributed by atoms with Crippen molar-refractivity contribution in [2.75, 3.05) is 19.3 Å². The summed E-state index contributed by atoms with van der Waals surface area (Å²) in [5.74, 6) is 1.28. The van der Waals surface area contributed by atoms with Gasteiger partial charge in [-0.3, -0.25) is 4.79 Å². The van der Waals surface area contributed by atoms with Crippen molar-refractivity contribution in [1.82, 2.24) is 4.90 Å². The summed E-state index contributed by atoms with van der Waals surface area (Å²) in [6.45, 7) is 0.0829. The summed E-state index contributed by atoms with van der Waals surface area (Å²) in [6, 6.07) is 3.28. The molecule has 0 saturated carbocycles. The Bertz CT molecular complexity index is 521. The van der Waals surface area contributed by atoms with Crippen LogP contribution in [0.2, 0.25) is 0 Å². The molecule has 0 atom stereocenters. The number of rotatable bonds is 3. The van der Waals surface area contributed by atoms with Gasteiger partial charge in [-0.05, 0) is 18.2 Å². The highest BCUT2D eigenvalue weighted by molar-refractivity contribution is 5.95. The predicted molar refractivity (Wildman–Crippen MR) is 63.3 cm³/mol. The first-order valence-corrected chi connectivity index (χ1v) is 5.09. The summed E-state index contributed by atoms with van der Waals surface area (Å²) in [5.41, 5.74) is 5.25. The molecular weight excluding hydrogens is 261 g/mol. The van der Waals surface area contributed by atoms with E-state index in [4.69, 9.17) is 12.2 Å². The molecule has 0 aliphatic rings. The van der Waals surface area contributed by atoms with Crippen molar-refractivity contribution in [3.05, 3.63) is 23.8 Å². The molecule has 102 valence electrons. The number of benzene rings is 1. The van der Waals surface area contributed by atoms with Crippen molar-refractivity contribution >= 4 is 11.6 Å². The lowest BCUT2D eigenvalue weighted by atomic mass is 10.1. The number of hydrogen-bond donors (Lipinski definition) is 1. The minimum atomic E-state index is -4.83. The SMILES string of the molecule is C#CCN(C)C(=O)c1ccc(OC(F)(F)F)c(N)c1. The Hall–Kier alpha value is -2.36. The van der Waals surface area contributed by atoms with Gasteiger partial charge in [-0.15, -0.1) is 19.6 Å². The van der Waals surface area contributed by atoms with Gasteiger partial charge in [-0.2, -0.15) is 0 Å². The largest absolute Gasteiger partial charge is 0.573 e. The summed E-state index contributed by atoms with van der Waals surface area (Å²) in [7, 11) is 1.47. The topological polar surface area (TPSA) is 55.6 Å². The van der Waals surface area contributed by atoms with E-state index in [1.54, 1.807) is 0 Å². The lowest BCUT2D eigenvalue weighted by molar-refractivity contribution is -0.274. The molecule has 0 radical (unpaired) electrons. The minimum absolute atomic E-state index is 0.0829. The summed E-state index contributed by atoms with van der Waals surface area (Å²) < 4.78 is 39.8. The third kappa shape index (κ3) is 4.10. The Kier molecular flexibility index (Phi) is 4.27. The van der Waals surface area contributed by atoms with Gasteiger partial charge < -0.3 is 15.4 Å². The number of terminal acetylenes is 1. The van der Waals surface area contributed by atoms with Gasteiger partial charge in [-0.1, -0.05) is 5.92 Å². The normalized spacial score (nSPS) is 10.7. The smallest absolute Gasteiger partial charge is 0.404 e. The second-order valence-electron chi connectivity index (χ2n) is 3.67. The first-order chi connectivity index (χ1) is 8.74. The number of nitrogen functional groups attached to an aromatic ring is 1. The van der Waals surface area contributed by atoms with E-state index < -0.39 is 18.0 Å². The Morgan fingerprint density at radius 1 is 1.53 bits per heavy atom. The maximum absolute atomic E-state index is 12.0. The molecule has 0 fully saturated rings. The molecule has 0 unspecified atom stereocenters. The van der Waals surface area contributed by atoms with Crippen molar-refractivity contribution in [2.45, 2.75) is 6.36 Å². The van der Waals surface area contributed by atoms with Crippen LogP contribution in [0.1, 0.15) is 10.4 Å². The van der Waals surface area contributed by atoms with Crippen molar-refractivity contribution in [3.8, 4) is 18.1 Å². The van der Waals surface area contributed by atoms with Crippen LogP contribution in [0.25, 0.3) is 0 Å². The Morgan fingerprint density at radius 2 is 2.16 bits per heavy atom. The number of carbonyl (C=O) groups is 1. The lowest BCUT2D eigenvalue weighted by Gasteiger charge is -2.15. The van der Waals surface area contributed by atoms with Crippen molar-refractivity contribution < 1.29 is 22.7 Å². The zero-order valence-corrected chi connectivity index (χ0v) is 9.99. The maximum atomic E-state index is 12.0. The van der Waals surface area contributed by atoms with Crippen LogP contribution in [0.15, 0.2) is 18.2 Å². The van der Waals surface area contributed by atoms with Gasteiger partial charge in [0.05, 0.1) is 12.2 Å². The molecule has 1 amide bonds. The number of carbonyl (C=O) groups excluding carboxylic acids is 1. The predicted octanol–water partition coefficient (Wildman–Crippen LogP) is 1.87. The summed E-state index contributed by atoms with van der Waals surface area (Å²) >= 11 is 0. The number of nitrogens with two attached hydrogens (primary N) is 1. The van der Waals surface area contributed by atoms with Crippen LogP contribution in [0.5, 0.6) is 5.75 Å². The maximum Gasteiger partial charge on any atom is 0.573 e. The standard InChI is InChI=1S/C12H11F3N2O2/c1-3-6-17(2)11(18)8-4-5-10(9(16)7-8)19-12(13,14)15/h1,4-5,7H,6,16H2,2H3. The van der Waals surface area contributed by atoms with E-state index >= 15 is 0 Å². The van der Waals surface area contributed by atoms with E-state index in [0.29, 0.717) is 0 Å². The fourth-order valence-electron chi connectivity index (χ4n) is 1.33. The van der Waals surface area contributed by atoms with Crippen LogP contribution in [-0.4, -0.2) is 30.8 Å². The number of alkyl halides is 3. The number of hydrogen-bond acceptors (Lipinski definition) is 3. The summed E-state index contributed by atoms with van der Waals surface area (Å²) in [5, 5.41) is 0. The molecule has 1 aromatic rings. The van der Waals surface area contributed by atoms with Gasteiger partial charge in [-0.25, -0.2) is 0 Å². The van der Waals surface area contributed by atoms with Crippen LogP contribution in [0.3, 0.4) is 0 Å². The lowest BCUT2D eigenvalue weighted by Crippen LogP contribution is -2.27. The Morgan fingerprint density at radius 3 is 2.63 bits per heavy atom. The number of nitrogens with zero attached hydrogens (tertiary/aromatic N) is 1. The molecular formula is C12H11F3N2O2. The monoisotopic (exact) mass is 272 g/mol. The van der Waals surface area contributed by atoms with Gasteiger partial charge in [0.2, 0.25) is 0 Å². The van der Waals surface area contributed by atoms with E-state index in [1.807, 2.05) is 0 Å². The zero-order chi connectivity index (χ0) is 14.6. The molecule has 0 spiro atoms. The van der Waals surface area contributed by atoms with E-state index in [0.717, 1.165) is 12.1 Å². The van der Waals surface area contributed by atoms with Crippen LogP contribution >= 0.6 is 0 Å². The molecule has 0 bridgehead atoms. The molecule has 0 saturated heterocycles. The number of anilines is 1. The van der Waals surface area contributed by atoms with Crippen molar-refractivity contribution in [2.24, 2.45) is 0 Å². The van der Waals surface area contributed by atoms with Crippen LogP contribution in [0.4, 0.5) is 18.9 Å². The highest BCUT2D eigenvalue weighted by Gasteiger charge is 2.32. The van der Waals surface area contributed by atoms with E-state index in [-0.39, 0.29) is 17.8 Å². The molecule has 19 heavy (non-hydrogen) atoms. The molecule has 1 rings (SSSR count). The van der Waals surface area contributed by atoms with Crippen LogP contribution in [-0.2, 0) is 0 Å². The zero-order valence-electron chi connectivity index (χ0n) is 9.99. The Balaban J connectivity index is 2.94. The first kappa shape index (κ1) is 14.7. The molecule has 7 heteroatoms. The third-order valence-corrected chi connectivity index (χ3v) is 2.16. The number of halogens is 3. The molecule has 0 aliphatic carbocycles. The van der Waals surface area contributed by atoms with Crippen LogP contribution < -0.4 is 10.5 Å². The van der Waals surface area contributed by atoms with Gasteiger partial charge in [0, 0.05) is 12.6 Å². The van der Waals surface area contributed by atoms with Gasteiger partial charge in [0.1, 0.15) is 0 Å². The fraction of sp³-hybridized carbons (Fsp3) is 0.250. The van der Waals surface area contributed by atoms with Gasteiger partial charge in [0.15, 0.2) is 5.75 Å². The van der Waals surface area contributed by atoms with Gasteiger partial charge in [0.25, 0.3) is 5.91 Å². The second kappa shape index (κ2) is 5.52.